The van der Waals surface area contributed by atoms with Crippen LogP contribution in [0.3, 0.4) is 0 Å². The molecule has 0 saturated carbocycles. The number of anilines is 1. The lowest BCUT2D eigenvalue weighted by Crippen LogP contribution is -2.65. The molecule has 3 N–H and O–H groups in total. The summed E-state index contributed by atoms with van der Waals surface area (Å²) in [7, 11) is 3.26. The van der Waals surface area contributed by atoms with Crippen molar-refractivity contribution in [3.63, 3.8) is 0 Å². The molecule has 2 aliphatic rings. The Labute approximate surface area is 256 Å². The monoisotopic (exact) mass is 592 g/mol. The van der Waals surface area contributed by atoms with Gasteiger partial charge in [0.2, 0.25) is 11.8 Å². The van der Waals surface area contributed by atoms with E-state index in [4.69, 9.17) is 10.5 Å². The number of nitrogen functional groups attached to an aromatic ring is 1. The zero-order valence-electron chi connectivity index (χ0n) is 24.8. The molecular formula is C34H36N6O4. The number of hydrogen-bond acceptors (Lipinski definition) is 6. The van der Waals surface area contributed by atoms with Crippen molar-refractivity contribution in [3.05, 3.63) is 108 Å². The maximum absolute atomic E-state index is 14.1. The van der Waals surface area contributed by atoms with Crippen molar-refractivity contribution in [2.75, 3.05) is 33.0 Å². The number of rotatable bonds is 8. The number of carbonyl (C=O) groups excluding carboxylic acids is 3. The van der Waals surface area contributed by atoms with E-state index in [0.29, 0.717) is 25.2 Å². The molecule has 0 aliphatic carbocycles. The molecule has 4 aromatic rings. The van der Waals surface area contributed by atoms with Gasteiger partial charge in [0.1, 0.15) is 18.0 Å². The second kappa shape index (κ2) is 12.3. The molecule has 2 saturated heterocycles. The van der Waals surface area contributed by atoms with Crippen LogP contribution in [-0.4, -0.2) is 77.1 Å². The van der Waals surface area contributed by atoms with Crippen molar-refractivity contribution in [1.29, 1.82) is 0 Å². The van der Waals surface area contributed by atoms with E-state index in [9.17, 15) is 14.4 Å². The highest BCUT2D eigenvalue weighted by Gasteiger charge is 2.51. The number of methoxy groups -OCH3 is 1. The third-order valence-corrected chi connectivity index (χ3v) is 8.50. The second-order valence-corrected chi connectivity index (χ2v) is 11.2. The van der Waals surface area contributed by atoms with E-state index in [0.717, 1.165) is 33.2 Å². The summed E-state index contributed by atoms with van der Waals surface area (Å²) < 4.78 is 5.21. The lowest BCUT2D eigenvalue weighted by molar-refractivity contribution is -0.157. The van der Waals surface area contributed by atoms with Crippen LogP contribution in [0.5, 0.6) is 5.75 Å². The highest BCUT2D eigenvalue weighted by molar-refractivity contribution is 5.92. The van der Waals surface area contributed by atoms with Gasteiger partial charge in [-0.15, -0.1) is 0 Å². The Kier molecular flexibility index (Phi) is 8.08. The lowest BCUT2D eigenvalue weighted by Gasteiger charge is -2.46. The summed E-state index contributed by atoms with van der Waals surface area (Å²) >= 11 is 0. The fourth-order valence-corrected chi connectivity index (χ4v) is 6.12. The molecule has 0 bridgehead atoms. The molecule has 0 unspecified atom stereocenters. The van der Waals surface area contributed by atoms with E-state index < -0.39 is 12.2 Å². The number of ether oxygens (including phenoxy) is 1. The van der Waals surface area contributed by atoms with Gasteiger partial charge in [0, 0.05) is 32.2 Å². The Bertz CT molecular complexity index is 1670. The Morgan fingerprint density at radius 3 is 2.41 bits per heavy atom. The van der Waals surface area contributed by atoms with E-state index >= 15 is 0 Å². The Balaban J connectivity index is 1.26. The van der Waals surface area contributed by atoms with Crippen molar-refractivity contribution in [2.45, 2.75) is 31.7 Å². The van der Waals surface area contributed by atoms with Crippen LogP contribution in [0.2, 0.25) is 0 Å². The number of nitrogens with two attached hydrogens (primary N) is 1. The first-order valence-electron chi connectivity index (χ1n) is 14.6. The summed E-state index contributed by atoms with van der Waals surface area (Å²) in [6, 6.07) is 28.0. The smallest absolute Gasteiger partial charge is 0.332 e. The van der Waals surface area contributed by atoms with Crippen LogP contribution in [0.4, 0.5) is 10.5 Å². The first kappa shape index (κ1) is 29.0. The minimum atomic E-state index is -0.722. The first-order chi connectivity index (χ1) is 21.3. The first-order valence-corrected chi connectivity index (χ1v) is 14.6. The third-order valence-electron chi connectivity index (χ3n) is 8.50. The Morgan fingerprint density at radius 2 is 1.66 bits per heavy atom. The van der Waals surface area contributed by atoms with Crippen molar-refractivity contribution in [1.82, 2.24) is 25.1 Å². The minimum Gasteiger partial charge on any atom is -0.497 e. The molecule has 6 rings (SSSR count). The van der Waals surface area contributed by atoms with Crippen molar-refractivity contribution >= 4 is 34.3 Å². The average Bonchev–Trinajstić information content (AvgIpc) is 3.38. The van der Waals surface area contributed by atoms with Crippen LogP contribution < -0.4 is 15.8 Å². The number of piperazine rings is 1. The van der Waals surface area contributed by atoms with Gasteiger partial charge >= 0.3 is 6.03 Å². The zero-order chi connectivity index (χ0) is 30.8. The highest BCUT2D eigenvalue weighted by Crippen LogP contribution is 2.31. The zero-order valence-corrected chi connectivity index (χ0v) is 24.8. The van der Waals surface area contributed by atoms with Gasteiger partial charge in [-0.25, -0.2) is 4.79 Å². The number of hydrogen-bond donors (Lipinski definition) is 2. The normalized spacial score (nSPS) is 18.4. The van der Waals surface area contributed by atoms with Gasteiger partial charge in [-0.1, -0.05) is 66.7 Å². The highest BCUT2D eigenvalue weighted by atomic mass is 16.5. The van der Waals surface area contributed by atoms with Crippen LogP contribution in [0.25, 0.3) is 10.8 Å². The third kappa shape index (κ3) is 5.76. The van der Waals surface area contributed by atoms with E-state index in [1.165, 1.54) is 5.01 Å². The minimum absolute atomic E-state index is 0.00918. The fourth-order valence-electron chi connectivity index (χ4n) is 6.12. The van der Waals surface area contributed by atoms with Crippen molar-refractivity contribution < 1.29 is 19.1 Å². The number of fused-ring (bicyclic) bond motifs is 2. The number of nitrogens with zero attached hydrogens (tertiary/aromatic N) is 4. The van der Waals surface area contributed by atoms with Gasteiger partial charge < -0.3 is 25.6 Å². The molecule has 2 aliphatic heterocycles. The van der Waals surface area contributed by atoms with E-state index in [2.05, 4.69) is 23.5 Å². The maximum atomic E-state index is 14.1. The predicted octanol–water partition coefficient (Wildman–Crippen LogP) is 3.61. The molecule has 226 valence electrons. The summed E-state index contributed by atoms with van der Waals surface area (Å²) in [5.41, 5.74) is 9.38. The number of benzene rings is 4. The molecular weight excluding hydrogens is 556 g/mol. The number of amides is 4. The molecule has 2 fully saturated rings. The van der Waals surface area contributed by atoms with Gasteiger partial charge in [0.25, 0.3) is 0 Å². The van der Waals surface area contributed by atoms with Gasteiger partial charge in [-0.05, 0) is 51.7 Å². The van der Waals surface area contributed by atoms with Crippen LogP contribution in [0.1, 0.15) is 16.7 Å². The molecule has 0 spiro atoms. The van der Waals surface area contributed by atoms with Gasteiger partial charge in [-0.2, -0.15) is 5.01 Å². The molecule has 4 aromatic carbocycles. The Morgan fingerprint density at radius 1 is 0.955 bits per heavy atom. The standard InChI is InChI=1S/C34H36N6O4/c1-37(34(43)36-19-24-12-16-28(44-2)17-13-24)39-22-32(41)40-30(18-23-10-14-27(35)15-11-23)33(42)38(21-31(39)40)20-26-8-5-7-25-6-3-4-9-29(25)26/h3-17,30-31H,18-22,35H2,1-2H3,(H,36,43)/t30-,31+/m0/s1. The van der Waals surface area contributed by atoms with Gasteiger partial charge in [0.15, 0.2) is 0 Å². The second-order valence-electron chi connectivity index (χ2n) is 11.2. The molecule has 0 aromatic heterocycles. The van der Waals surface area contributed by atoms with Crippen LogP contribution in [-0.2, 0) is 29.1 Å². The molecule has 0 radical (unpaired) electrons. The SMILES string of the molecule is COc1ccc(CNC(=O)N(C)N2CC(=O)N3[C@@H](Cc4ccc(N)cc4)C(=O)N(Cc4cccc5ccccc45)C[C@@H]32)cc1. The predicted molar refractivity (Wildman–Crippen MR) is 168 cm³/mol. The summed E-state index contributed by atoms with van der Waals surface area (Å²) in [5, 5.41) is 8.33. The Hall–Kier alpha value is -5.09. The molecule has 10 nitrogen and oxygen atoms in total. The largest absolute Gasteiger partial charge is 0.497 e. The van der Waals surface area contributed by atoms with Gasteiger partial charge in [0.05, 0.1) is 20.2 Å². The molecule has 10 heteroatoms. The molecule has 2 atom stereocenters. The van der Waals surface area contributed by atoms with E-state index in [1.54, 1.807) is 36.2 Å². The van der Waals surface area contributed by atoms with E-state index in [1.807, 2.05) is 65.6 Å². The number of hydrazine groups is 1. The van der Waals surface area contributed by atoms with Gasteiger partial charge in [-0.3, -0.25) is 14.6 Å². The lowest BCUT2D eigenvalue weighted by atomic mass is 9.99. The van der Waals surface area contributed by atoms with Crippen molar-refractivity contribution in [3.8, 4) is 5.75 Å². The summed E-state index contributed by atoms with van der Waals surface area (Å²) in [6.45, 7) is 0.958. The van der Waals surface area contributed by atoms with Crippen LogP contribution in [0.15, 0.2) is 91.0 Å². The number of urea groups is 1. The van der Waals surface area contributed by atoms with Crippen LogP contribution >= 0.6 is 0 Å². The fraction of sp³-hybridized carbons (Fsp3) is 0.265. The summed E-state index contributed by atoms with van der Waals surface area (Å²) in [4.78, 5) is 44.5. The average molecular weight is 593 g/mol. The number of carbonyl (C=O) groups is 3. The summed E-state index contributed by atoms with van der Waals surface area (Å²) in [6.07, 6.45) is -0.167. The van der Waals surface area contributed by atoms with Crippen LogP contribution in [0, 0.1) is 0 Å². The number of nitrogens with one attached hydrogen (secondary N) is 1. The molecule has 44 heavy (non-hydrogen) atoms. The summed E-state index contributed by atoms with van der Waals surface area (Å²) in [5.74, 6) is 0.428. The molecule has 4 amide bonds. The van der Waals surface area contributed by atoms with Crippen molar-refractivity contribution in [2.24, 2.45) is 0 Å². The maximum Gasteiger partial charge on any atom is 0.332 e. The quantitative estimate of drug-likeness (QED) is 0.303. The molecule has 2 heterocycles. The van der Waals surface area contributed by atoms with E-state index in [-0.39, 0.29) is 30.9 Å². The topological polar surface area (TPSA) is 111 Å².